The van der Waals surface area contributed by atoms with Crippen molar-refractivity contribution in [2.45, 2.75) is 0 Å². The third kappa shape index (κ3) is 2.74. The fourth-order valence-corrected chi connectivity index (χ4v) is 3.29. The molecule has 25 heavy (non-hydrogen) atoms. The van der Waals surface area contributed by atoms with Gasteiger partial charge in [-0.05, 0) is 12.1 Å². The Morgan fingerprint density at radius 1 is 0.600 bits per heavy atom. The van der Waals surface area contributed by atoms with Gasteiger partial charge >= 0.3 is 0 Å². The smallest absolute Gasteiger partial charge is 0.133 e. The first-order chi connectivity index (χ1) is 12.3. The van der Waals surface area contributed by atoms with Crippen molar-refractivity contribution < 1.29 is 0 Å². The van der Waals surface area contributed by atoms with Gasteiger partial charge in [0.1, 0.15) is 5.82 Å². The van der Waals surface area contributed by atoms with E-state index in [0.29, 0.717) is 0 Å². The van der Waals surface area contributed by atoms with E-state index in [1.807, 2.05) is 18.2 Å². The van der Waals surface area contributed by atoms with Crippen molar-refractivity contribution in [1.82, 2.24) is 10.0 Å². The van der Waals surface area contributed by atoms with Gasteiger partial charge in [-0.3, -0.25) is 10.0 Å². The average molecular weight is 327 g/mol. The first-order valence-corrected chi connectivity index (χ1v) is 8.44. The number of hydrogen-bond acceptors (Lipinski definition) is 3. The quantitative estimate of drug-likeness (QED) is 0.798. The minimum absolute atomic E-state index is 1.07. The first-order valence-electron chi connectivity index (χ1n) is 8.44. The Balaban J connectivity index is 1.99. The molecule has 3 aromatic rings. The summed E-state index contributed by atoms with van der Waals surface area (Å²) < 4.78 is 0. The van der Waals surface area contributed by atoms with E-state index >= 15 is 0 Å². The Morgan fingerprint density at radius 3 is 1.84 bits per heavy atom. The van der Waals surface area contributed by atoms with Crippen LogP contribution in [-0.4, -0.2) is 24.1 Å². The van der Waals surface area contributed by atoms with Gasteiger partial charge in [-0.25, -0.2) is 0 Å². The minimum atomic E-state index is 1.07. The number of hydrogen-bond donors (Lipinski definition) is 1. The highest BCUT2D eigenvalue weighted by molar-refractivity contribution is 5.71. The molecule has 4 rings (SSSR count). The van der Waals surface area contributed by atoms with Gasteiger partial charge in [0, 0.05) is 35.8 Å². The summed E-state index contributed by atoms with van der Waals surface area (Å²) >= 11 is 0. The fraction of sp³-hybridized carbons (Fsp3) is 0.0909. The van der Waals surface area contributed by atoms with Crippen LogP contribution in [0, 0.1) is 0 Å². The van der Waals surface area contributed by atoms with E-state index in [0.717, 1.165) is 11.5 Å². The van der Waals surface area contributed by atoms with Crippen molar-refractivity contribution >= 4 is 17.2 Å². The van der Waals surface area contributed by atoms with Gasteiger partial charge in [-0.15, -0.1) is 0 Å². The van der Waals surface area contributed by atoms with Gasteiger partial charge in [0.15, 0.2) is 0 Å². The molecular weight excluding hydrogens is 306 g/mol. The molecule has 0 aromatic heterocycles. The molecule has 0 atom stereocenters. The molecule has 0 bridgehead atoms. The summed E-state index contributed by atoms with van der Waals surface area (Å²) in [6, 6.07) is 29.4. The molecule has 1 aliphatic rings. The molecule has 0 saturated heterocycles. The van der Waals surface area contributed by atoms with Gasteiger partial charge in [-0.2, -0.15) is 0 Å². The van der Waals surface area contributed by atoms with E-state index in [1.54, 1.807) is 0 Å². The van der Waals surface area contributed by atoms with Gasteiger partial charge in [-0.1, -0.05) is 72.8 Å². The van der Waals surface area contributed by atoms with Crippen LogP contribution >= 0.6 is 0 Å². The molecule has 1 aliphatic heterocycles. The second-order valence-corrected chi connectivity index (χ2v) is 6.15. The van der Waals surface area contributed by atoms with Crippen LogP contribution in [0.2, 0.25) is 0 Å². The Labute approximate surface area is 148 Å². The lowest BCUT2D eigenvalue weighted by Gasteiger charge is -2.38. The molecule has 0 aliphatic carbocycles. The number of rotatable bonds is 3. The number of para-hydroxylation sites is 1. The number of fused-ring (bicyclic) bond motifs is 1. The van der Waals surface area contributed by atoms with Crippen LogP contribution in [0.15, 0.2) is 84.9 Å². The predicted molar refractivity (Wildman–Crippen MR) is 104 cm³/mol. The summed E-state index contributed by atoms with van der Waals surface area (Å²) in [7, 11) is 4.19. The minimum Gasteiger partial charge on any atom is -0.340 e. The van der Waals surface area contributed by atoms with Crippen LogP contribution in [0.4, 0.5) is 5.69 Å². The number of hydrazine groups is 1. The van der Waals surface area contributed by atoms with E-state index < -0.39 is 0 Å². The van der Waals surface area contributed by atoms with E-state index in [9.17, 15) is 0 Å². The highest BCUT2D eigenvalue weighted by Crippen LogP contribution is 2.21. The summed E-state index contributed by atoms with van der Waals surface area (Å²) in [4.78, 5) is 0. The molecule has 1 N–H and O–H groups in total. The molecule has 0 amide bonds. The topological polar surface area (TPSA) is 18.5 Å². The van der Waals surface area contributed by atoms with E-state index in [2.05, 4.69) is 96.2 Å². The highest BCUT2D eigenvalue weighted by Gasteiger charge is 2.21. The second-order valence-electron chi connectivity index (χ2n) is 6.15. The van der Waals surface area contributed by atoms with Crippen molar-refractivity contribution in [3.63, 3.8) is 0 Å². The number of anilines is 1. The molecule has 124 valence electrons. The molecule has 0 fully saturated rings. The third-order valence-corrected chi connectivity index (χ3v) is 4.62. The third-order valence-electron chi connectivity index (χ3n) is 4.62. The van der Waals surface area contributed by atoms with Crippen molar-refractivity contribution in [2.75, 3.05) is 19.4 Å². The van der Waals surface area contributed by atoms with E-state index in [1.165, 1.54) is 21.7 Å². The molecule has 3 aromatic carbocycles. The maximum absolute atomic E-state index is 3.58. The van der Waals surface area contributed by atoms with Crippen molar-refractivity contribution in [3.8, 4) is 0 Å². The van der Waals surface area contributed by atoms with Crippen LogP contribution in [0.3, 0.4) is 0 Å². The highest BCUT2D eigenvalue weighted by atomic mass is 15.6. The molecule has 0 saturated carbocycles. The van der Waals surface area contributed by atoms with Crippen LogP contribution in [0.5, 0.6) is 0 Å². The number of nitrogens with one attached hydrogen (secondary N) is 1. The van der Waals surface area contributed by atoms with Gasteiger partial charge in [0.2, 0.25) is 0 Å². The largest absolute Gasteiger partial charge is 0.340 e. The van der Waals surface area contributed by atoms with Gasteiger partial charge in [0.25, 0.3) is 0 Å². The molecule has 1 heterocycles. The van der Waals surface area contributed by atoms with Crippen molar-refractivity contribution in [2.24, 2.45) is 0 Å². The maximum atomic E-state index is 3.58. The van der Waals surface area contributed by atoms with E-state index in [4.69, 9.17) is 0 Å². The zero-order chi connectivity index (χ0) is 17.2. The Morgan fingerprint density at radius 2 is 1.16 bits per heavy atom. The SMILES string of the molecule is CN1C(Nc2ccccc2)=c2ccccc2=C(c2ccccc2)N1C. The van der Waals surface area contributed by atoms with Gasteiger partial charge in [0.05, 0.1) is 5.70 Å². The summed E-state index contributed by atoms with van der Waals surface area (Å²) in [5, 5.41) is 10.4. The lowest BCUT2D eigenvalue weighted by molar-refractivity contribution is 0.168. The number of nitrogens with zero attached hydrogens (tertiary/aromatic N) is 2. The van der Waals surface area contributed by atoms with Crippen LogP contribution < -0.4 is 15.8 Å². The predicted octanol–water partition coefficient (Wildman–Crippen LogP) is 2.81. The first kappa shape index (κ1) is 15.3. The zero-order valence-electron chi connectivity index (χ0n) is 14.5. The lowest BCUT2D eigenvalue weighted by atomic mass is 10.1. The Kier molecular flexibility index (Phi) is 3.90. The molecule has 0 unspecified atom stereocenters. The fourth-order valence-electron chi connectivity index (χ4n) is 3.29. The van der Waals surface area contributed by atoms with Gasteiger partial charge < -0.3 is 5.32 Å². The van der Waals surface area contributed by atoms with Crippen LogP contribution in [0.1, 0.15) is 5.56 Å². The Hall–Kier alpha value is -3.20. The molecule has 0 spiro atoms. The van der Waals surface area contributed by atoms with Crippen molar-refractivity contribution in [1.29, 1.82) is 0 Å². The maximum Gasteiger partial charge on any atom is 0.133 e. The molecular formula is C22H21N3. The summed E-state index contributed by atoms with van der Waals surface area (Å²) in [6.07, 6.45) is 0. The average Bonchev–Trinajstić information content (AvgIpc) is 2.67. The summed E-state index contributed by atoms with van der Waals surface area (Å²) in [6.45, 7) is 0. The Bertz CT molecular complexity index is 994. The molecule has 3 heteroatoms. The lowest BCUT2D eigenvalue weighted by Crippen LogP contribution is -2.50. The standard InChI is InChI=1S/C22H21N3/c1-24-21(17-11-5-3-6-12-17)19-15-9-10-16-20(19)22(25(24)2)23-18-13-7-4-8-14-18/h3-16,23H,1-2H3. The summed E-state index contributed by atoms with van der Waals surface area (Å²) in [5.74, 6) is 1.07. The molecule has 3 nitrogen and oxygen atoms in total. The van der Waals surface area contributed by atoms with Crippen LogP contribution in [0.25, 0.3) is 11.5 Å². The monoisotopic (exact) mass is 327 g/mol. The second kappa shape index (κ2) is 6.36. The van der Waals surface area contributed by atoms with Crippen LogP contribution in [-0.2, 0) is 0 Å². The van der Waals surface area contributed by atoms with E-state index in [-0.39, 0.29) is 0 Å². The molecule has 0 radical (unpaired) electrons. The number of benzene rings is 3. The normalized spacial score (nSPS) is 13.7. The van der Waals surface area contributed by atoms with Crippen molar-refractivity contribution in [3.05, 3.63) is 101 Å². The zero-order valence-corrected chi connectivity index (χ0v) is 14.5. The summed E-state index contributed by atoms with van der Waals surface area (Å²) in [5.41, 5.74) is 3.50.